The summed E-state index contributed by atoms with van der Waals surface area (Å²) < 4.78 is 9.96. The van der Waals surface area contributed by atoms with Gasteiger partial charge in [0, 0.05) is 24.8 Å². The van der Waals surface area contributed by atoms with E-state index in [0.717, 1.165) is 0 Å². The van der Waals surface area contributed by atoms with Crippen molar-refractivity contribution >= 4 is 22.7 Å². The van der Waals surface area contributed by atoms with Gasteiger partial charge in [-0.3, -0.25) is 9.59 Å². The van der Waals surface area contributed by atoms with Gasteiger partial charge in [0.1, 0.15) is 16.9 Å². The highest BCUT2D eigenvalue weighted by Gasteiger charge is 2.12. The molecule has 0 radical (unpaired) electrons. The van der Waals surface area contributed by atoms with E-state index in [0.29, 0.717) is 5.39 Å². The maximum absolute atomic E-state index is 11.7. The van der Waals surface area contributed by atoms with E-state index in [4.69, 9.17) is 9.15 Å². The van der Waals surface area contributed by atoms with Gasteiger partial charge in [0.25, 0.3) is 0 Å². The minimum Gasteiger partial charge on any atom is -0.427 e. The number of hydrogen-bond donors (Lipinski definition) is 0. The predicted octanol–water partition coefficient (Wildman–Crippen LogP) is 2.31. The molecule has 5 nitrogen and oxygen atoms in total. The van der Waals surface area contributed by atoms with Crippen LogP contribution in [0.15, 0.2) is 33.5 Å². The Morgan fingerprint density at radius 2 is 2.00 bits per heavy atom. The second kappa shape index (κ2) is 5.06. The smallest absolute Gasteiger partial charge is 0.347 e. The van der Waals surface area contributed by atoms with Gasteiger partial charge in [-0.1, -0.05) is 6.92 Å². The molecule has 1 heterocycles. The number of esters is 1. The van der Waals surface area contributed by atoms with Gasteiger partial charge in [-0.05, 0) is 18.2 Å². The van der Waals surface area contributed by atoms with Crippen molar-refractivity contribution in [2.45, 2.75) is 20.3 Å². The van der Waals surface area contributed by atoms with E-state index < -0.39 is 11.6 Å². The number of rotatable bonds is 3. The molecule has 0 amide bonds. The number of benzene rings is 1. The number of Topliss-reactive ketones (excluding diaryl/α,β-unsaturated/α-hetero) is 1. The number of ether oxygens (including phenoxy) is 1. The predicted molar refractivity (Wildman–Crippen MR) is 68.4 cm³/mol. The highest BCUT2D eigenvalue weighted by Crippen LogP contribution is 2.21. The number of carbonyl (C=O) groups is 2. The van der Waals surface area contributed by atoms with Gasteiger partial charge in [-0.15, -0.1) is 0 Å². The molecular formula is C14H12O5. The Balaban J connectivity index is 2.55. The Hall–Kier alpha value is -2.43. The third-order valence-corrected chi connectivity index (χ3v) is 2.59. The summed E-state index contributed by atoms with van der Waals surface area (Å²) in [7, 11) is 0. The van der Waals surface area contributed by atoms with Gasteiger partial charge in [-0.2, -0.15) is 0 Å². The first-order chi connectivity index (χ1) is 9.01. The minimum absolute atomic E-state index is 0.0373. The molecule has 2 rings (SSSR count). The Labute approximate surface area is 108 Å². The molecule has 0 saturated heterocycles. The van der Waals surface area contributed by atoms with Crippen molar-refractivity contribution in [3.8, 4) is 5.75 Å². The first-order valence-electron chi connectivity index (χ1n) is 5.80. The minimum atomic E-state index is -0.681. The van der Waals surface area contributed by atoms with Crippen LogP contribution in [0, 0.1) is 0 Å². The lowest BCUT2D eigenvalue weighted by atomic mass is 10.1. The molecule has 19 heavy (non-hydrogen) atoms. The van der Waals surface area contributed by atoms with Crippen LogP contribution >= 0.6 is 0 Å². The van der Waals surface area contributed by atoms with Crippen LogP contribution in [0.2, 0.25) is 0 Å². The lowest BCUT2D eigenvalue weighted by Crippen LogP contribution is -2.12. The van der Waals surface area contributed by atoms with Crippen molar-refractivity contribution in [1.82, 2.24) is 0 Å². The van der Waals surface area contributed by atoms with Gasteiger partial charge < -0.3 is 9.15 Å². The quantitative estimate of drug-likeness (QED) is 0.366. The molecule has 0 saturated carbocycles. The van der Waals surface area contributed by atoms with Crippen molar-refractivity contribution < 1.29 is 18.7 Å². The summed E-state index contributed by atoms with van der Waals surface area (Å²) in [5, 5.41) is 0.604. The van der Waals surface area contributed by atoms with E-state index >= 15 is 0 Å². The van der Waals surface area contributed by atoms with Crippen LogP contribution in [0.4, 0.5) is 0 Å². The van der Waals surface area contributed by atoms with Crippen molar-refractivity contribution in [2.75, 3.05) is 0 Å². The van der Waals surface area contributed by atoms with E-state index in [1.165, 1.54) is 19.1 Å². The van der Waals surface area contributed by atoms with Crippen LogP contribution in [0.1, 0.15) is 30.6 Å². The second-order valence-corrected chi connectivity index (χ2v) is 4.02. The van der Waals surface area contributed by atoms with Gasteiger partial charge >= 0.3 is 11.6 Å². The van der Waals surface area contributed by atoms with Gasteiger partial charge in [0.2, 0.25) is 0 Å². The number of carbonyl (C=O) groups excluding carboxylic acids is 2. The maximum atomic E-state index is 11.7. The third-order valence-electron chi connectivity index (χ3n) is 2.59. The van der Waals surface area contributed by atoms with Gasteiger partial charge in [0.15, 0.2) is 5.78 Å². The summed E-state index contributed by atoms with van der Waals surface area (Å²) in [6.07, 6.45) is 0.238. The standard InChI is InChI=1S/C14H12O5/c1-3-12(16)11-6-9-4-5-10(18-8(2)15)7-13(9)19-14(11)17/h4-7H,3H2,1-2H3. The first kappa shape index (κ1) is 13.0. The highest BCUT2D eigenvalue weighted by atomic mass is 16.5. The van der Waals surface area contributed by atoms with Crippen molar-refractivity contribution in [3.05, 3.63) is 40.2 Å². The summed E-state index contributed by atoms with van der Waals surface area (Å²) in [6.45, 7) is 2.96. The monoisotopic (exact) mass is 260 g/mol. The molecule has 0 unspecified atom stereocenters. The Morgan fingerprint density at radius 1 is 1.26 bits per heavy atom. The highest BCUT2D eigenvalue weighted by molar-refractivity contribution is 5.98. The molecule has 0 N–H and O–H groups in total. The maximum Gasteiger partial charge on any atom is 0.347 e. The number of hydrogen-bond acceptors (Lipinski definition) is 5. The van der Waals surface area contributed by atoms with E-state index in [9.17, 15) is 14.4 Å². The second-order valence-electron chi connectivity index (χ2n) is 4.02. The van der Waals surface area contributed by atoms with Crippen LogP contribution < -0.4 is 10.4 Å². The molecule has 0 aliphatic rings. The Kier molecular flexibility index (Phi) is 3.46. The molecule has 0 atom stereocenters. The normalized spacial score (nSPS) is 10.4. The molecule has 5 heteroatoms. The molecule has 0 spiro atoms. The van der Waals surface area contributed by atoms with E-state index in [2.05, 4.69) is 0 Å². The lowest BCUT2D eigenvalue weighted by Gasteiger charge is -2.03. The fraction of sp³-hybridized carbons (Fsp3) is 0.214. The van der Waals surface area contributed by atoms with Gasteiger partial charge in [0.05, 0.1) is 0 Å². The summed E-state index contributed by atoms with van der Waals surface area (Å²) in [5.41, 5.74) is -0.369. The topological polar surface area (TPSA) is 73.6 Å². The van der Waals surface area contributed by atoms with Crippen LogP contribution in [0.5, 0.6) is 5.75 Å². The molecule has 0 fully saturated rings. The van der Waals surface area contributed by atoms with E-state index in [1.807, 2.05) is 0 Å². The zero-order valence-electron chi connectivity index (χ0n) is 10.6. The summed E-state index contributed by atoms with van der Waals surface area (Å²) in [6, 6.07) is 6.13. The zero-order valence-corrected chi connectivity index (χ0v) is 10.6. The van der Waals surface area contributed by atoms with E-state index in [1.54, 1.807) is 19.1 Å². The molecule has 1 aromatic carbocycles. The third kappa shape index (κ3) is 2.70. The van der Waals surface area contributed by atoms with Crippen LogP contribution in [-0.2, 0) is 4.79 Å². The fourth-order valence-electron chi connectivity index (χ4n) is 1.71. The number of fused-ring (bicyclic) bond motifs is 1. The molecule has 0 bridgehead atoms. The van der Waals surface area contributed by atoms with Crippen LogP contribution in [0.25, 0.3) is 11.0 Å². The molecule has 98 valence electrons. The van der Waals surface area contributed by atoms with Crippen molar-refractivity contribution in [3.63, 3.8) is 0 Å². The first-order valence-corrected chi connectivity index (χ1v) is 5.80. The average molecular weight is 260 g/mol. The number of ketones is 1. The molecular weight excluding hydrogens is 248 g/mol. The molecule has 0 aliphatic heterocycles. The fourth-order valence-corrected chi connectivity index (χ4v) is 1.71. The average Bonchev–Trinajstić information content (AvgIpc) is 2.36. The molecule has 0 aliphatic carbocycles. The SMILES string of the molecule is CCC(=O)c1cc2ccc(OC(C)=O)cc2oc1=O. The van der Waals surface area contributed by atoms with Crippen molar-refractivity contribution in [1.29, 1.82) is 0 Å². The lowest BCUT2D eigenvalue weighted by molar-refractivity contribution is -0.131. The van der Waals surface area contributed by atoms with E-state index in [-0.39, 0.29) is 29.1 Å². The van der Waals surface area contributed by atoms with Crippen molar-refractivity contribution in [2.24, 2.45) is 0 Å². The summed E-state index contributed by atoms with van der Waals surface area (Å²) in [5.74, 6) is -0.433. The van der Waals surface area contributed by atoms with Crippen LogP contribution in [0.3, 0.4) is 0 Å². The zero-order chi connectivity index (χ0) is 14.0. The Morgan fingerprint density at radius 3 is 2.63 bits per heavy atom. The van der Waals surface area contributed by atoms with Gasteiger partial charge in [-0.25, -0.2) is 4.79 Å². The van der Waals surface area contributed by atoms with Crippen LogP contribution in [-0.4, -0.2) is 11.8 Å². The Bertz CT molecular complexity index is 711. The molecule has 1 aromatic heterocycles. The summed E-state index contributed by atoms with van der Waals surface area (Å²) >= 11 is 0. The molecule has 2 aromatic rings. The summed E-state index contributed by atoms with van der Waals surface area (Å²) in [4.78, 5) is 34.1. The largest absolute Gasteiger partial charge is 0.427 e.